The minimum absolute atomic E-state index is 0.349. The minimum Gasteiger partial charge on any atom is -0.496 e. The molecule has 1 aliphatic heterocycles. The van der Waals surface area contributed by atoms with Crippen molar-refractivity contribution < 1.29 is 14.2 Å². The highest BCUT2D eigenvalue weighted by atomic mass is 16.5. The molecule has 2 fully saturated rings. The highest BCUT2D eigenvalue weighted by Crippen LogP contribution is 2.47. The highest BCUT2D eigenvalue weighted by Gasteiger charge is 2.45. The Kier molecular flexibility index (Phi) is 5.12. The van der Waals surface area contributed by atoms with Crippen LogP contribution in [0.5, 0.6) is 11.5 Å². The van der Waals surface area contributed by atoms with Gasteiger partial charge in [-0.3, -0.25) is 4.90 Å². The number of ether oxygens (including phenoxy) is 3. The Bertz CT molecular complexity index is 511. The van der Waals surface area contributed by atoms with Crippen molar-refractivity contribution in [3.8, 4) is 11.5 Å². The lowest BCUT2D eigenvalue weighted by Crippen LogP contribution is -2.47. The van der Waals surface area contributed by atoms with Gasteiger partial charge in [0.1, 0.15) is 11.5 Å². The second-order valence-electron chi connectivity index (χ2n) is 6.93. The molecule has 0 amide bonds. The van der Waals surface area contributed by atoms with Gasteiger partial charge >= 0.3 is 0 Å². The normalized spacial score (nSPS) is 28.2. The van der Waals surface area contributed by atoms with E-state index in [9.17, 15) is 0 Å². The lowest BCUT2D eigenvalue weighted by molar-refractivity contribution is -0.0368. The van der Waals surface area contributed by atoms with Gasteiger partial charge in [0.2, 0.25) is 0 Å². The molecule has 1 aromatic carbocycles. The first-order valence-electron chi connectivity index (χ1n) is 8.67. The smallest absolute Gasteiger partial charge is 0.127 e. The predicted molar refractivity (Wildman–Crippen MR) is 91.1 cm³/mol. The molecule has 1 saturated heterocycles. The number of likely N-dealkylation sites (tertiary alicyclic amines) is 1. The molecular formula is C19H29NO3. The van der Waals surface area contributed by atoms with Crippen molar-refractivity contribution in [1.82, 2.24) is 4.90 Å². The van der Waals surface area contributed by atoms with E-state index in [-0.39, 0.29) is 0 Å². The summed E-state index contributed by atoms with van der Waals surface area (Å²) in [6.07, 6.45) is 6.77. The van der Waals surface area contributed by atoms with Crippen LogP contribution in [0.2, 0.25) is 0 Å². The Morgan fingerprint density at radius 3 is 2.43 bits per heavy atom. The summed E-state index contributed by atoms with van der Waals surface area (Å²) in [6.45, 7) is 3.14. The fraction of sp³-hybridized carbons (Fsp3) is 0.684. The molecule has 2 aliphatic rings. The van der Waals surface area contributed by atoms with Gasteiger partial charge in [-0.1, -0.05) is 12.5 Å². The highest BCUT2D eigenvalue weighted by molar-refractivity contribution is 5.44. The van der Waals surface area contributed by atoms with Crippen LogP contribution in [-0.2, 0) is 11.3 Å². The molecule has 0 bridgehead atoms. The fourth-order valence-corrected chi connectivity index (χ4v) is 4.64. The summed E-state index contributed by atoms with van der Waals surface area (Å²) in [5.74, 6) is 1.83. The number of hydrogen-bond acceptors (Lipinski definition) is 4. The van der Waals surface area contributed by atoms with Gasteiger partial charge in [0.15, 0.2) is 0 Å². The van der Waals surface area contributed by atoms with Crippen LogP contribution in [-0.4, -0.2) is 45.4 Å². The average Bonchev–Trinajstić information content (AvgIpc) is 2.96. The molecule has 1 aliphatic carbocycles. The molecule has 1 aromatic rings. The van der Waals surface area contributed by atoms with Gasteiger partial charge < -0.3 is 14.2 Å². The molecule has 1 saturated carbocycles. The van der Waals surface area contributed by atoms with Crippen molar-refractivity contribution in [2.24, 2.45) is 5.41 Å². The molecular weight excluding hydrogens is 290 g/mol. The topological polar surface area (TPSA) is 30.9 Å². The maximum absolute atomic E-state index is 5.82. The zero-order valence-electron chi connectivity index (χ0n) is 14.6. The van der Waals surface area contributed by atoms with Gasteiger partial charge in [-0.25, -0.2) is 0 Å². The molecule has 128 valence electrons. The molecule has 2 atom stereocenters. The number of benzene rings is 1. The third-order valence-corrected chi connectivity index (χ3v) is 5.71. The third kappa shape index (κ3) is 3.20. The van der Waals surface area contributed by atoms with Gasteiger partial charge in [0, 0.05) is 25.6 Å². The zero-order valence-corrected chi connectivity index (χ0v) is 14.6. The summed E-state index contributed by atoms with van der Waals surface area (Å²) in [5.41, 5.74) is 1.50. The van der Waals surface area contributed by atoms with Crippen LogP contribution in [0.15, 0.2) is 18.2 Å². The van der Waals surface area contributed by atoms with E-state index in [2.05, 4.69) is 4.90 Å². The SMILES string of the molecule is COc1cccc(OC)c1CN1CCC[C@@]2(CCC[C@H]2OC)C1. The molecule has 4 heteroatoms. The molecule has 0 radical (unpaired) electrons. The van der Waals surface area contributed by atoms with Crippen LogP contribution < -0.4 is 9.47 Å². The van der Waals surface area contributed by atoms with Crippen molar-refractivity contribution in [1.29, 1.82) is 0 Å². The van der Waals surface area contributed by atoms with Crippen LogP contribution in [0, 0.1) is 5.41 Å². The van der Waals surface area contributed by atoms with E-state index in [0.717, 1.165) is 36.7 Å². The second-order valence-corrected chi connectivity index (χ2v) is 6.93. The Morgan fingerprint density at radius 1 is 1.09 bits per heavy atom. The largest absolute Gasteiger partial charge is 0.496 e. The number of rotatable bonds is 5. The van der Waals surface area contributed by atoms with Gasteiger partial charge in [-0.2, -0.15) is 0 Å². The van der Waals surface area contributed by atoms with E-state index in [4.69, 9.17) is 14.2 Å². The van der Waals surface area contributed by atoms with E-state index in [1.807, 2.05) is 25.3 Å². The number of piperidine rings is 1. The van der Waals surface area contributed by atoms with Crippen molar-refractivity contribution >= 4 is 0 Å². The summed E-state index contributed by atoms with van der Waals surface area (Å²) in [7, 11) is 5.34. The Hall–Kier alpha value is -1.26. The van der Waals surface area contributed by atoms with Crippen LogP contribution in [0.3, 0.4) is 0 Å². The van der Waals surface area contributed by atoms with E-state index in [1.165, 1.54) is 32.1 Å². The van der Waals surface area contributed by atoms with E-state index < -0.39 is 0 Å². The monoisotopic (exact) mass is 319 g/mol. The fourth-order valence-electron chi connectivity index (χ4n) is 4.64. The summed E-state index contributed by atoms with van der Waals surface area (Å²) in [4.78, 5) is 2.56. The molecule has 1 heterocycles. The van der Waals surface area contributed by atoms with Crippen molar-refractivity contribution in [2.45, 2.75) is 44.8 Å². The maximum atomic E-state index is 5.82. The molecule has 23 heavy (non-hydrogen) atoms. The molecule has 3 rings (SSSR count). The first-order chi connectivity index (χ1) is 11.2. The Labute approximate surface area is 139 Å². The lowest BCUT2D eigenvalue weighted by Gasteiger charge is -2.44. The van der Waals surface area contributed by atoms with E-state index in [1.54, 1.807) is 14.2 Å². The van der Waals surface area contributed by atoms with Crippen molar-refractivity contribution in [3.05, 3.63) is 23.8 Å². The first kappa shape index (κ1) is 16.6. The lowest BCUT2D eigenvalue weighted by atomic mass is 9.76. The quantitative estimate of drug-likeness (QED) is 0.831. The van der Waals surface area contributed by atoms with Gasteiger partial charge in [0.05, 0.1) is 25.9 Å². The number of nitrogens with zero attached hydrogens (tertiary/aromatic N) is 1. The van der Waals surface area contributed by atoms with Crippen LogP contribution in [0.25, 0.3) is 0 Å². The van der Waals surface area contributed by atoms with Crippen molar-refractivity contribution in [3.63, 3.8) is 0 Å². The maximum Gasteiger partial charge on any atom is 0.127 e. The molecule has 0 N–H and O–H groups in total. The van der Waals surface area contributed by atoms with E-state index >= 15 is 0 Å². The predicted octanol–water partition coefficient (Wildman–Crippen LogP) is 3.48. The van der Waals surface area contributed by atoms with Gasteiger partial charge in [0.25, 0.3) is 0 Å². The summed E-state index contributed by atoms with van der Waals surface area (Å²) in [6, 6.07) is 6.02. The minimum atomic E-state index is 0.349. The van der Waals surface area contributed by atoms with Crippen molar-refractivity contribution in [2.75, 3.05) is 34.4 Å². The summed E-state index contributed by atoms with van der Waals surface area (Å²) < 4.78 is 16.9. The zero-order chi connectivity index (χ0) is 16.3. The molecule has 1 spiro atoms. The average molecular weight is 319 g/mol. The number of methoxy groups -OCH3 is 3. The van der Waals surface area contributed by atoms with Crippen LogP contribution >= 0.6 is 0 Å². The Morgan fingerprint density at radius 2 is 1.78 bits per heavy atom. The van der Waals surface area contributed by atoms with Crippen LogP contribution in [0.1, 0.15) is 37.7 Å². The van der Waals surface area contributed by atoms with Gasteiger partial charge in [-0.05, 0) is 44.4 Å². The van der Waals surface area contributed by atoms with E-state index in [0.29, 0.717) is 11.5 Å². The number of hydrogen-bond donors (Lipinski definition) is 0. The summed E-state index contributed by atoms with van der Waals surface area (Å²) >= 11 is 0. The summed E-state index contributed by atoms with van der Waals surface area (Å²) in [5, 5.41) is 0. The standard InChI is InChI=1S/C19H29NO3/c1-21-16-7-4-8-17(22-2)15(16)13-20-12-6-11-19(14-20)10-5-9-18(19)23-3/h4,7-8,18H,5-6,9-14H2,1-3H3/t18-,19+/m1/s1. The molecule has 0 aromatic heterocycles. The first-order valence-corrected chi connectivity index (χ1v) is 8.67. The van der Waals surface area contributed by atoms with Crippen LogP contribution in [0.4, 0.5) is 0 Å². The second kappa shape index (κ2) is 7.10. The molecule has 4 nitrogen and oxygen atoms in total. The molecule has 0 unspecified atom stereocenters. The third-order valence-electron chi connectivity index (χ3n) is 5.71. The Balaban J connectivity index is 1.78. The van der Waals surface area contributed by atoms with Gasteiger partial charge in [-0.15, -0.1) is 0 Å².